The van der Waals surface area contributed by atoms with E-state index < -0.39 is 6.36 Å². The van der Waals surface area contributed by atoms with Crippen molar-refractivity contribution in [2.75, 3.05) is 0 Å². The molecule has 0 saturated carbocycles. The van der Waals surface area contributed by atoms with Gasteiger partial charge in [-0.25, -0.2) is 0 Å². The summed E-state index contributed by atoms with van der Waals surface area (Å²) in [7, 11) is 0. The Hall–Kier alpha value is -1.45. The molecule has 0 aliphatic carbocycles. The van der Waals surface area contributed by atoms with Crippen molar-refractivity contribution >= 4 is 6.08 Å². The Morgan fingerprint density at radius 3 is 2.50 bits per heavy atom. The van der Waals surface area contributed by atoms with Crippen LogP contribution in [0.2, 0.25) is 0 Å². The molecule has 0 amide bonds. The standard InChI is InChI=1S/C10H9F3O/c1-3-8-5-4-6-9(7(8)2)14-10(11,12)13/h3-6H,1H2,2H3. The van der Waals surface area contributed by atoms with E-state index in [9.17, 15) is 13.2 Å². The van der Waals surface area contributed by atoms with E-state index in [0.29, 0.717) is 11.1 Å². The third-order valence-electron chi connectivity index (χ3n) is 1.77. The lowest BCUT2D eigenvalue weighted by Gasteiger charge is -2.12. The van der Waals surface area contributed by atoms with E-state index >= 15 is 0 Å². The van der Waals surface area contributed by atoms with E-state index in [0.717, 1.165) is 0 Å². The summed E-state index contributed by atoms with van der Waals surface area (Å²) in [5.74, 6) is -0.185. The van der Waals surface area contributed by atoms with Crippen LogP contribution in [0, 0.1) is 6.92 Å². The van der Waals surface area contributed by atoms with Crippen LogP contribution in [-0.4, -0.2) is 6.36 Å². The molecule has 76 valence electrons. The lowest BCUT2D eigenvalue weighted by Crippen LogP contribution is -2.17. The van der Waals surface area contributed by atoms with Gasteiger partial charge in [0.15, 0.2) is 0 Å². The van der Waals surface area contributed by atoms with Crippen LogP contribution in [0.25, 0.3) is 6.08 Å². The fraction of sp³-hybridized carbons (Fsp3) is 0.200. The molecule has 0 aromatic heterocycles. The van der Waals surface area contributed by atoms with Gasteiger partial charge in [0, 0.05) is 0 Å². The summed E-state index contributed by atoms with van der Waals surface area (Å²) in [5.41, 5.74) is 1.06. The number of ether oxygens (including phenoxy) is 1. The van der Waals surface area contributed by atoms with Crippen LogP contribution < -0.4 is 4.74 Å². The normalized spacial score (nSPS) is 11.1. The number of alkyl halides is 3. The molecule has 1 aromatic rings. The zero-order valence-corrected chi connectivity index (χ0v) is 7.56. The molecule has 1 rings (SSSR count). The Morgan fingerprint density at radius 2 is 2.00 bits per heavy atom. The van der Waals surface area contributed by atoms with Crippen molar-refractivity contribution in [1.29, 1.82) is 0 Å². The van der Waals surface area contributed by atoms with Gasteiger partial charge in [0.2, 0.25) is 0 Å². The van der Waals surface area contributed by atoms with Crippen molar-refractivity contribution in [3.05, 3.63) is 35.9 Å². The second-order valence-electron chi connectivity index (χ2n) is 2.72. The quantitative estimate of drug-likeness (QED) is 0.712. The molecule has 0 saturated heterocycles. The van der Waals surface area contributed by atoms with E-state index in [-0.39, 0.29) is 5.75 Å². The smallest absolute Gasteiger partial charge is 0.405 e. The fourth-order valence-corrected chi connectivity index (χ4v) is 1.09. The second-order valence-corrected chi connectivity index (χ2v) is 2.72. The van der Waals surface area contributed by atoms with E-state index in [1.165, 1.54) is 18.2 Å². The first-order chi connectivity index (χ1) is 6.44. The van der Waals surface area contributed by atoms with Gasteiger partial charge >= 0.3 is 6.36 Å². The predicted octanol–water partition coefficient (Wildman–Crippen LogP) is 3.54. The number of hydrogen-bond donors (Lipinski definition) is 0. The van der Waals surface area contributed by atoms with Crippen molar-refractivity contribution in [2.24, 2.45) is 0 Å². The Balaban J connectivity index is 3.04. The van der Waals surface area contributed by atoms with Crippen LogP contribution >= 0.6 is 0 Å². The maximum absolute atomic E-state index is 11.9. The molecule has 0 atom stereocenters. The first kappa shape index (κ1) is 10.6. The predicted molar refractivity (Wildman–Crippen MR) is 48.0 cm³/mol. The average molecular weight is 202 g/mol. The van der Waals surface area contributed by atoms with Gasteiger partial charge in [-0.1, -0.05) is 24.8 Å². The van der Waals surface area contributed by atoms with Gasteiger partial charge in [-0.05, 0) is 24.1 Å². The van der Waals surface area contributed by atoms with Gasteiger partial charge in [0.25, 0.3) is 0 Å². The molecule has 0 fully saturated rings. The van der Waals surface area contributed by atoms with Crippen LogP contribution in [0.5, 0.6) is 5.75 Å². The van der Waals surface area contributed by atoms with E-state index in [2.05, 4.69) is 11.3 Å². The van der Waals surface area contributed by atoms with Crippen LogP contribution in [0.1, 0.15) is 11.1 Å². The van der Waals surface area contributed by atoms with E-state index in [1.54, 1.807) is 13.0 Å². The summed E-state index contributed by atoms with van der Waals surface area (Å²) < 4.78 is 39.6. The molecule has 1 nitrogen and oxygen atoms in total. The number of benzene rings is 1. The summed E-state index contributed by atoms with van der Waals surface area (Å²) in [6.45, 7) is 5.05. The SMILES string of the molecule is C=Cc1cccc(OC(F)(F)F)c1C. The van der Waals surface area contributed by atoms with E-state index in [1.807, 2.05) is 0 Å². The summed E-state index contributed by atoms with van der Waals surface area (Å²) in [5, 5.41) is 0. The molecule has 0 spiro atoms. The van der Waals surface area contributed by atoms with Crippen molar-refractivity contribution < 1.29 is 17.9 Å². The van der Waals surface area contributed by atoms with Crippen molar-refractivity contribution in [1.82, 2.24) is 0 Å². The Morgan fingerprint density at radius 1 is 1.36 bits per heavy atom. The minimum Gasteiger partial charge on any atom is -0.405 e. The minimum absolute atomic E-state index is 0.185. The summed E-state index contributed by atoms with van der Waals surface area (Å²) >= 11 is 0. The topological polar surface area (TPSA) is 9.23 Å². The zero-order chi connectivity index (χ0) is 10.8. The van der Waals surface area contributed by atoms with Crippen LogP contribution in [0.4, 0.5) is 13.2 Å². The molecule has 0 heterocycles. The summed E-state index contributed by atoms with van der Waals surface area (Å²) in [4.78, 5) is 0. The molecule has 0 unspecified atom stereocenters. The van der Waals surface area contributed by atoms with Gasteiger partial charge in [-0.15, -0.1) is 13.2 Å². The molecule has 14 heavy (non-hydrogen) atoms. The highest BCUT2D eigenvalue weighted by atomic mass is 19.4. The van der Waals surface area contributed by atoms with Gasteiger partial charge in [0.05, 0.1) is 0 Å². The molecule has 0 radical (unpaired) electrons. The largest absolute Gasteiger partial charge is 0.573 e. The highest BCUT2D eigenvalue weighted by Crippen LogP contribution is 2.28. The summed E-state index contributed by atoms with van der Waals surface area (Å²) in [6.07, 6.45) is -3.16. The maximum Gasteiger partial charge on any atom is 0.573 e. The van der Waals surface area contributed by atoms with Crippen LogP contribution in [0.15, 0.2) is 24.8 Å². The fourth-order valence-electron chi connectivity index (χ4n) is 1.09. The van der Waals surface area contributed by atoms with Crippen molar-refractivity contribution in [3.8, 4) is 5.75 Å². The van der Waals surface area contributed by atoms with Crippen LogP contribution in [-0.2, 0) is 0 Å². The molecule has 0 bridgehead atoms. The average Bonchev–Trinajstić information content (AvgIpc) is 2.06. The second kappa shape index (κ2) is 3.74. The summed E-state index contributed by atoms with van der Waals surface area (Å²) in [6, 6.07) is 4.44. The Labute approximate surface area is 79.8 Å². The lowest BCUT2D eigenvalue weighted by molar-refractivity contribution is -0.274. The first-order valence-corrected chi connectivity index (χ1v) is 3.92. The highest BCUT2D eigenvalue weighted by molar-refractivity contribution is 5.55. The lowest BCUT2D eigenvalue weighted by atomic mass is 10.1. The maximum atomic E-state index is 11.9. The van der Waals surface area contributed by atoms with Gasteiger partial charge in [-0.3, -0.25) is 0 Å². The third-order valence-corrected chi connectivity index (χ3v) is 1.77. The van der Waals surface area contributed by atoms with Crippen LogP contribution in [0.3, 0.4) is 0 Å². The molecule has 4 heteroatoms. The first-order valence-electron chi connectivity index (χ1n) is 3.92. The molecule has 1 aromatic carbocycles. The van der Waals surface area contributed by atoms with Gasteiger partial charge in [-0.2, -0.15) is 0 Å². The minimum atomic E-state index is -4.65. The molecule has 0 aliphatic rings. The van der Waals surface area contributed by atoms with E-state index in [4.69, 9.17) is 0 Å². The number of rotatable bonds is 2. The zero-order valence-electron chi connectivity index (χ0n) is 7.56. The third kappa shape index (κ3) is 2.52. The van der Waals surface area contributed by atoms with Crippen molar-refractivity contribution in [2.45, 2.75) is 13.3 Å². The highest BCUT2D eigenvalue weighted by Gasteiger charge is 2.31. The van der Waals surface area contributed by atoms with Crippen molar-refractivity contribution in [3.63, 3.8) is 0 Å². The molecule has 0 aliphatic heterocycles. The Kier molecular flexibility index (Phi) is 2.84. The number of hydrogen-bond acceptors (Lipinski definition) is 1. The Bertz CT molecular complexity index is 342. The monoisotopic (exact) mass is 202 g/mol. The number of halogens is 3. The van der Waals surface area contributed by atoms with Gasteiger partial charge < -0.3 is 4.74 Å². The van der Waals surface area contributed by atoms with Gasteiger partial charge in [0.1, 0.15) is 5.75 Å². The molecule has 0 N–H and O–H groups in total. The molecular formula is C10H9F3O. The molecular weight excluding hydrogens is 193 g/mol.